The number of rotatable bonds is 6. The molecule has 0 bridgehead atoms. The minimum Gasteiger partial charge on any atom is -0.383 e. The van der Waals surface area contributed by atoms with Crippen LogP contribution in [0.15, 0.2) is 78.9 Å². The Bertz CT molecular complexity index is 832. The zero-order valence-corrected chi connectivity index (χ0v) is 13.7. The van der Waals surface area contributed by atoms with Crippen molar-refractivity contribution in [3.63, 3.8) is 0 Å². The quantitative estimate of drug-likeness (QED) is 0.684. The number of carbonyl (C=O) groups is 1. The molecule has 0 unspecified atom stereocenters. The zero-order chi connectivity index (χ0) is 17.5. The third-order valence-corrected chi connectivity index (χ3v) is 3.85. The molecule has 0 saturated carbocycles. The van der Waals surface area contributed by atoms with Gasteiger partial charge in [0.2, 0.25) is 0 Å². The lowest BCUT2D eigenvalue weighted by Gasteiger charge is -2.13. The molecule has 0 aliphatic carbocycles. The minimum atomic E-state index is -0.362. The van der Waals surface area contributed by atoms with Crippen molar-refractivity contribution in [2.24, 2.45) is 0 Å². The van der Waals surface area contributed by atoms with Crippen LogP contribution in [0, 0.1) is 5.82 Å². The Kier molecular flexibility index (Phi) is 5.42. The molecule has 3 nitrogen and oxygen atoms in total. The molecule has 1 amide bonds. The van der Waals surface area contributed by atoms with E-state index in [1.807, 2.05) is 42.5 Å². The van der Waals surface area contributed by atoms with Crippen LogP contribution in [0.3, 0.4) is 0 Å². The van der Waals surface area contributed by atoms with Gasteiger partial charge < -0.3 is 10.6 Å². The van der Waals surface area contributed by atoms with Crippen LogP contribution >= 0.6 is 0 Å². The van der Waals surface area contributed by atoms with Gasteiger partial charge in [-0.3, -0.25) is 4.79 Å². The van der Waals surface area contributed by atoms with Crippen LogP contribution in [0.5, 0.6) is 0 Å². The Hall–Kier alpha value is -3.14. The normalized spacial score (nSPS) is 10.3. The van der Waals surface area contributed by atoms with Crippen LogP contribution in [-0.2, 0) is 6.42 Å². The average molecular weight is 334 g/mol. The predicted octanol–water partition coefficient (Wildman–Crippen LogP) is 4.73. The molecule has 0 spiro atoms. The largest absolute Gasteiger partial charge is 0.383 e. The van der Waals surface area contributed by atoms with Gasteiger partial charge in [0.1, 0.15) is 5.82 Å². The van der Waals surface area contributed by atoms with E-state index in [1.165, 1.54) is 29.8 Å². The molecule has 25 heavy (non-hydrogen) atoms. The van der Waals surface area contributed by atoms with E-state index in [0.717, 1.165) is 18.7 Å². The Morgan fingerprint density at radius 2 is 1.44 bits per heavy atom. The summed E-state index contributed by atoms with van der Waals surface area (Å²) >= 11 is 0. The van der Waals surface area contributed by atoms with Crippen LogP contribution in [0.4, 0.5) is 15.8 Å². The monoisotopic (exact) mass is 334 g/mol. The molecule has 0 aromatic heterocycles. The Balaban J connectivity index is 1.64. The molecule has 0 fully saturated rings. The van der Waals surface area contributed by atoms with Crippen LogP contribution in [-0.4, -0.2) is 12.5 Å². The van der Waals surface area contributed by atoms with E-state index >= 15 is 0 Å². The molecule has 3 aromatic carbocycles. The number of halogens is 1. The lowest BCUT2D eigenvalue weighted by atomic mass is 10.1. The second-order valence-corrected chi connectivity index (χ2v) is 5.67. The minimum absolute atomic E-state index is 0.266. The molecular formula is C21H19FN2O. The maximum atomic E-state index is 13.0. The average Bonchev–Trinajstić information content (AvgIpc) is 2.64. The summed E-state index contributed by atoms with van der Waals surface area (Å²) in [5.74, 6) is -0.628. The second kappa shape index (κ2) is 8.11. The van der Waals surface area contributed by atoms with Crippen LogP contribution in [0.2, 0.25) is 0 Å². The molecular weight excluding hydrogens is 315 g/mol. The number of hydrogen-bond acceptors (Lipinski definition) is 2. The van der Waals surface area contributed by atoms with E-state index in [0.29, 0.717) is 11.3 Å². The van der Waals surface area contributed by atoms with Gasteiger partial charge in [0.05, 0.1) is 11.4 Å². The topological polar surface area (TPSA) is 41.1 Å². The molecule has 0 aliphatic heterocycles. The highest BCUT2D eigenvalue weighted by atomic mass is 19.1. The van der Waals surface area contributed by atoms with Gasteiger partial charge in [0.15, 0.2) is 0 Å². The van der Waals surface area contributed by atoms with Crippen molar-refractivity contribution in [2.75, 3.05) is 17.2 Å². The van der Waals surface area contributed by atoms with Gasteiger partial charge in [0.25, 0.3) is 5.91 Å². The number of amides is 1. The van der Waals surface area contributed by atoms with Gasteiger partial charge in [-0.2, -0.15) is 0 Å². The van der Waals surface area contributed by atoms with Crippen molar-refractivity contribution >= 4 is 17.3 Å². The smallest absolute Gasteiger partial charge is 0.255 e. The number of nitrogens with one attached hydrogen (secondary N) is 2. The zero-order valence-electron chi connectivity index (χ0n) is 13.7. The fourth-order valence-corrected chi connectivity index (χ4v) is 2.53. The summed E-state index contributed by atoms with van der Waals surface area (Å²) < 4.78 is 13.0. The van der Waals surface area contributed by atoms with Crippen molar-refractivity contribution in [3.8, 4) is 0 Å². The Morgan fingerprint density at radius 1 is 0.800 bits per heavy atom. The summed E-state index contributed by atoms with van der Waals surface area (Å²) in [6.45, 7) is 0.757. The lowest BCUT2D eigenvalue weighted by Crippen LogP contribution is -2.14. The molecule has 3 aromatic rings. The maximum absolute atomic E-state index is 13.0. The lowest BCUT2D eigenvalue weighted by molar-refractivity contribution is 0.102. The molecule has 3 rings (SSSR count). The summed E-state index contributed by atoms with van der Waals surface area (Å²) in [5, 5.41) is 6.22. The summed E-state index contributed by atoms with van der Waals surface area (Å²) in [7, 11) is 0. The van der Waals surface area contributed by atoms with Gasteiger partial charge in [-0.15, -0.1) is 0 Å². The van der Waals surface area contributed by atoms with Gasteiger partial charge in [-0.05, 0) is 48.4 Å². The van der Waals surface area contributed by atoms with E-state index in [-0.39, 0.29) is 11.7 Å². The molecule has 0 radical (unpaired) electrons. The number of carbonyl (C=O) groups excluding carboxylic acids is 1. The maximum Gasteiger partial charge on any atom is 0.255 e. The molecule has 0 heterocycles. The van der Waals surface area contributed by atoms with E-state index in [9.17, 15) is 9.18 Å². The van der Waals surface area contributed by atoms with Gasteiger partial charge in [0, 0.05) is 12.1 Å². The highest BCUT2D eigenvalue weighted by Crippen LogP contribution is 2.22. The first-order valence-corrected chi connectivity index (χ1v) is 8.16. The summed E-state index contributed by atoms with van der Waals surface area (Å²) in [5.41, 5.74) is 3.22. The summed E-state index contributed by atoms with van der Waals surface area (Å²) in [6.07, 6.45) is 0.890. The molecule has 126 valence electrons. The SMILES string of the molecule is O=C(Nc1ccccc1NCCc1ccccc1)c1ccc(F)cc1. The predicted molar refractivity (Wildman–Crippen MR) is 99.4 cm³/mol. The molecule has 0 saturated heterocycles. The molecule has 0 aliphatic rings. The van der Waals surface area contributed by atoms with Crippen molar-refractivity contribution in [3.05, 3.63) is 95.8 Å². The van der Waals surface area contributed by atoms with E-state index in [2.05, 4.69) is 22.8 Å². The Morgan fingerprint density at radius 3 is 2.16 bits per heavy atom. The van der Waals surface area contributed by atoms with Gasteiger partial charge >= 0.3 is 0 Å². The highest BCUT2D eigenvalue weighted by Gasteiger charge is 2.09. The second-order valence-electron chi connectivity index (χ2n) is 5.67. The van der Waals surface area contributed by atoms with Crippen molar-refractivity contribution in [2.45, 2.75) is 6.42 Å². The van der Waals surface area contributed by atoms with Crippen LogP contribution < -0.4 is 10.6 Å². The standard InChI is InChI=1S/C21H19FN2O/c22-18-12-10-17(11-13-18)21(25)24-20-9-5-4-8-19(20)23-15-14-16-6-2-1-3-7-16/h1-13,23H,14-15H2,(H,24,25). The van der Waals surface area contributed by atoms with Crippen molar-refractivity contribution in [1.82, 2.24) is 0 Å². The first-order chi connectivity index (χ1) is 12.2. The van der Waals surface area contributed by atoms with E-state index < -0.39 is 0 Å². The van der Waals surface area contributed by atoms with E-state index in [4.69, 9.17) is 0 Å². The molecule has 4 heteroatoms. The number of benzene rings is 3. The van der Waals surface area contributed by atoms with Crippen LogP contribution in [0.1, 0.15) is 15.9 Å². The van der Waals surface area contributed by atoms with Crippen LogP contribution in [0.25, 0.3) is 0 Å². The summed E-state index contributed by atoms with van der Waals surface area (Å²) in [6, 6.07) is 23.2. The summed E-state index contributed by atoms with van der Waals surface area (Å²) in [4.78, 5) is 12.3. The number of para-hydroxylation sites is 2. The fourth-order valence-electron chi connectivity index (χ4n) is 2.53. The number of anilines is 2. The third-order valence-electron chi connectivity index (χ3n) is 3.85. The van der Waals surface area contributed by atoms with Gasteiger partial charge in [-0.1, -0.05) is 42.5 Å². The molecule has 2 N–H and O–H groups in total. The first kappa shape index (κ1) is 16.7. The fraction of sp³-hybridized carbons (Fsp3) is 0.0952. The molecule has 0 atom stereocenters. The Labute approximate surface area is 146 Å². The van der Waals surface area contributed by atoms with E-state index in [1.54, 1.807) is 0 Å². The first-order valence-electron chi connectivity index (χ1n) is 8.16. The number of hydrogen-bond donors (Lipinski definition) is 2. The third kappa shape index (κ3) is 4.67. The van der Waals surface area contributed by atoms with Crippen molar-refractivity contribution in [1.29, 1.82) is 0 Å². The highest BCUT2D eigenvalue weighted by molar-refractivity contribution is 6.05. The van der Waals surface area contributed by atoms with Crippen molar-refractivity contribution < 1.29 is 9.18 Å². The van der Waals surface area contributed by atoms with Gasteiger partial charge in [-0.25, -0.2) is 4.39 Å².